The standard InChI is InChI=1S/C24H29N5O2/c1-17-12-15-29(18(2)16-28(3)4)24(31)22(17)23(30)26-14-11-21-25-13-10-20(27-21)19-8-6-5-7-9-19/h5-10,12-13,15,18H,11,14,16H2,1-4H3,(H,26,30). The van der Waals surface area contributed by atoms with Crippen LogP contribution < -0.4 is 10.9 Å². The van der Waals surface area contributed by atoms with E-state index in [4.69, 9.17) is 0 Å². The first-order chi connectivity index (χ1) is 14.9. The fourth-order valence-corrected chi connectivity index (χ4v) is 3.55. The van der Waals surface area contributed by atoms with E-state index in [-0.39, 0.29) is 23.1 Å². The van der Waals surface area contributed by atoms with Crippen LogP contribution in [0.3, 0.4) is 0 Å². The molecule has 0 aliphatic heterocycles. The van der Waals surface area contributed by atoms with Crippen LogP contribution in [-0.2, 0) is 6.42 Å². The summed E-state index contributed by atoms with van der Waals surface area (Å²) in [5, 5.41) is 2.85. The first-order valence-corrected chi connectivity index (χ1v) is 10.4. The van der Waals surface area contributed by atoms with Crippen molar-refractivity contribution in [2.45, 2.75) is 26.3 Å². The third-order valence-corrected chi connectivity index (χ3v) is 5.07. The van der Waals surface area contributed by atoms with Crippen LogP contribution in [-0.4, -0.2) is 52.5 Å². The number of pyridine rings is 1. The first kappa shape index (κ1) is 22.4. The highest BCUT2D eigenvalue weighted by atomic mass is 16.2. The maximum absolute atomic E-state index is 12.9. The molecule has 162 valence electrons. The van der Waals surface area contributed by atoms with Gasteiger partial charge in [0.2, 0.25) is 0 Å². The number of amides is 1. The topological polar surface area (TPSA) is 80.1 Å². The van der Waals surface area contributed by atoms with Crippen molar-refractivity contribution in [3.63, 3.8) is 0 Å². The average molecular weight is 420 g/mol. The highest BCUT2D eigenvalue weighted by molar-refractivity contribution is 5.95. The van der Waals surface area contributed by atoms with Crippen molar-refractivity contribution < 1.29 is 4.79 Å². The van der Waals surface area contributed by atoms with Crippen molar-refractivity contribution in [2.24, 2.45) is 0 Å². The molecule has 0 aliphatic carbocycles. The summed E-state index contributed by atoms with van der Waals surface area (Å²) in [5.74, 6) is 0.275. The fourth-order valence-electron chi connectivity index (χ4n) is 3.55. The van der Waals surface area contributed by atoms with Crippen LogP contribution in [0.1, 0.15) is 34.7 Å². The molecule has 2 heterocycles. The van der Waals surface area contributed by atoms with Gasteiger partial charge in [0, 0.05) is 43.5 Å². The minimum Gasteiger partial charge on any atom is -0.351 e. The second-order valence-electron chi connectivity index (χ2n) is 7.93. The Bertz CT molecular complexity index is 1090. The molecule has 0 aliphatic rings. The minimum absolute atomic E-state index is 0.0382. The van der Waals surface area contributed by atoms with Crippen molar-refractivity contribution in [1.82, 2.24) is 24.8 Å². The van der Waals surface area contributed by atoms with Crippen molar-refractivity contribution in [1.29, 1.82) is 0 Å². The number of carbonyl (C=O) groups excluding carboxylic acids is 1. The Morgan fingerprint density at radius 3 is 2.61 bits per heavy atom. The third-order valence-electron chi connectivity index (χ3n) is 5.07. The van der Waals surface area contributed by atoms with Crippen LogP contribution in [0.15, 0.2) is 59.7 Å². The van der Waals surface area contributed by atoms with Crippen molar-refractivity contribution in [2.75, 3.05) is 27.2 Å². The number of rotatable bonds is 8. The maximum Gasteiger partial charge on any atom is 0.263 e. The SMILES string of the molecule is Cc1ccn(C(C)CN(C)C)c(=O)c1C(=O)NCCc1nccc(-c2ccccc2)n1. The molecule has 3 aromatic rings. The lowest BCUT2D eigenvalue weighted by molar-refractivity contribution is 0.0951. The van der Waals surface area contributed by atoms with Crippen molar-refractivity contribution >= 4 is 5.91 Å². The molecule has 7 nitrogen and oxygen atoms in total. The number of nitrogens with zero attached hydrogens (tertiary/aromatic N) is 4. The maximum atomic E-state index is 12.9. The molecule has 2 aromatic heterocycles. The van der Waals surface area contributed by atoms with Gasteiger partial charge in [0.1, 0.15) is 11.4 Å². The minimum atomic E-state index is -0.367. The number of aryl methyl sites for hydroxylation is 1. The molecule has 1 atom stereocenters. The van der Waals surface area contributed by atoms with Gasteiger partial charge in [-0.25, -0.2) is 9.97 Å². The van der Waals surface area contributed by atoms with Crippen molar-refractivity contribution in [3.05, 3.63) is 82.2 Å². The van der Waals surface area contributed by atoms with Crippen molar-refractivity contribution in [3.8, 4) is 11.3 Å². The summed E-state index contributed by atoms with van der Waals surface area (Å²) in [6, 6.07) is 13.5. The second kappa shape index (κ2) is 10.1. The average Bonchev–Trinajstić information content (AvgIpc) is 2.74. The van der Waals surface area contributed by atoms with Gasteiger partial charge in [0.05, 0.1) is 5.69 Å². The largest absolute Gasteiger partial charge is 0.351 e. The monoisotopic (exact) mass is 419 g/mol. The van der Waals surface area contributed by atoms with E-state index in [1.807, 2.05) is 68.4 Å². The Balaban J connectivity index is 1.68. The van der Waals surface area contributed by atoms with Gasteiger partial charge in [0.25, 0.3) is 11.5 Å². The van der Waals surface area contributed by atoms with E-state index in [1.54, 1.807) is 23.9 Å². The predicted molar refractivity (Wildman–Crippen MR) is 122 cm³/mol. The molecule has 31 heavy (non-hydrogen) atoms. The fraction of sp³-hybridized carbons (Fsp3) is 0.333. The lowest BCUT2D eigenvalue weighted by atomic mass is 10.1. The predicted octanol–water partition coefficient (Wildman–Crippen LogP) is 2.71. The number of hydrogen-bond donors (Lipinski definition) is 1. The van der Waals surface area contributed by atoms with Gasteiger partial charge in [-0.1, -0.05) is 30.3 Å². The summed E-state index contributed by atoms with van der Waals surface area (Å²) < 4.78 is 1.62. The van der Waals surface area contributed by atoms with E-state index in [9.17, 15) is 9.59 Å². The van der Waals surface area contributed by atoms with E-state index in [0.717, 1.165) is 11.3 Å². The highest BCUT2D eigenvalue weighted by Gasteiger charge is 2.18. The summed E-state index contributed by atoms with van der Waals surface area (Å²) in [6.07, 6.45) is 3.95. The molecule has 1 unspecified atom stereocenters. The summed E-state index contributed by atoms with van der Waals surface area (Å²) in [7, 11) is 3.91. The molecule has 0 bridgehead atoms. The van der Waals surface area contributed by atoms with E-state index in [0.29, 0.717) is 30.9 Å². The van der Waals surface area contributed by atoms with E-state index in [2.05, 4.69) is 15.3 Å². The molecule has 0 saturated carbocycles. The van der Waals surface area contributed by atoms with Gasteiger partial charge in [-0.15, -0.1) is 0 Å². The normalized spacial score (nSPS) is 12.0. The number of nitrogens with one attached hydrogen (secondary N) is 1. The van der Waals surface area contributed by atoms with Crippen LogP contribution in [0.2, 0.25) is 0 Å². The zero-order chi connectivity index (χ0) is 22.4. The molecule has 1 N–H and O–H groups in total. The van der Waals surface area contributed by atoms with Gasteiger partial charge in [-0.3, -0.25) is 9.59 Å². The Hall–Kier alpha value is -3.32. The van der Waals surface area contributed by atoms with Crippen LogP contribution in [0.25, 0.3) is 11.3 Å². The van der Waals surface area contributed by atoms with Crippen LogP contribution in [0, 0.1) is 6.92 Å². The zero-order valence-corrected chi connectivity index (χ0v) is 18.5. The van der Waals surface area contributed by atoms with E-state index >= 15 is 0 Å². The van der Waals surface area contributed by atoms with E-state index < -0.39 is 0 Å². The quantitative estimate of drug-likeness (QED) is 0.607. The van der Waals surface area contributed by atoms with Crippen LogP contribution in [0.4, 0.5) is 0 Å². The van der Waals surface area contributed by atoms with Gasteiger partial charge < -0.3 is 14.8 Å². The zero-order valence-electron chi connectivity index (χ0n) is 18.5. The van der Waals surface area contributed by atoms with Gasteiger partial charge in [-0.05, 0) is 45.6 Å². The molecule has 0 spiro atoms. The number of carbonyl (C=O) groups is 1. The molecule has 3 rings (SSSR count). The molecular formula is C24H29N5O2. The van der Waals surface area contributed by atoms with Gasteiger partial charge in [-0.2, -0.15) is 0 Å². The molecule has 7 heteroatoms. The summed E-state index contributed by atoms with van der Waals surface area (Å²) >= 11 is 0. The van der Waals surface area contributed by atoms with Crippen LogP contribution >= 0.6 is 0 Å². The Morgan fingerprint density at radius 1 is 1.16 bits per heavy atom. The lowest BCUT2D eigenvalue weighted by Gasteiger charge is -2.20. The number of aromatic nitrogens is 3. The number of hydrogen-bond acceptors (Lipinski definition) is 5. The Morgan fingerprint density at radius 2 is 1.90 bits per heavy atom. The molecule has 1 amide bonds. The number of likely N-dealkylation sites (N-methyl/N-ethyl adjacent to an activating group) is 1. The molecule has 0 fully saturated rings. The molecule has 0 radical (unpaired) electrons. The van der Waals surface area contributed by atoms with Gasteiger partial charge >= 0.3 is 0 Å². The Labute approximate surface area is 182 Å². The smallest absolute Gasteiger partial charge is 0.263 e. The molecular weight excluding hydrogens is 390 g/mol. The summed E-state index contributed by atoms with van der Waals surface area (Å²) in [5.41, 5.74) is 2.44. The molecule has 0 saturated heterocycles. The number of benzene rings is 1. The lowest BCUT2D eigenvalue weighted by Crippen LogP contribution is -2.37. The van der Waals surface area contributed by atoms with E-state index in [1.165, 1.54) is 0 Å². The summed E-state index contributed by atoms with van der Waals surface area (Å²) in [6.45, 7) is 4.80. The highest BCUT2D eigenvalue weighted by Crippen LogP contribution is 2.15. The first-order valence-electron chi connectivity index (χ1n) is 10.4. The summed E-state index contributed by atoms with van der Waals surface area (Å²) in [4.78, 5) is 36.6. The Kier molecular flexibility index (Phi) is 7.31. The third kappa shape index (κ3) is 5.64. The van der Waals surface area contributed by atoms with Crippen LogP contribution in [0.5, 0.6) is 0 Å². The second-order valence-corrected chi connectivity index (χ2v) is 7.93. The molecule has 1 aromatic carbocycles. The van der Waals surface area contributed by atoms with Gasteiger partial charge in [0.15, 0.2) is 0 Å².